The van der Waals surface area contributed by atoms with Gasteiger partial charge in [-0.2, -0.15) is 0 Å². The van der Waals surface area contributed by atoms with Gasteiger partial charge in [-0.05, 0) is 15.9 Å². The fourth-order valence-electron chi connectivity index (χ4n) is 0.831. The summed E-state index contributed by atoms with van der Waals surface area (Å²) < 4.78 is 25.3. The molecule has 0 amide bonds. The number of benzene rings is 1. The fraction of sp³-hybridized carbons (Fsp3) is 0. The molecule has 1 aromatic rings. The van der Waals surface area contributed by atoms with Gasteiger partial charge in [-0.3, -0.25) is 0 Å². The van der Waals surface area contributed by atoms with Crippen molar-refractivity contribution in [3.05, 3.63) is 27.7 Å². The van der Waals surface area contributed by atoms with E-state index in [1.165, 1.54) is 0 Å². The molecule has 0 radical (unpaired) electrons. The van der Waals surface area contributed by atoms with Crippen LogP contribution in [-0.4, -0.2) is 11.1 Å². The Bertz CT molecular complexity index is 381. The minimum absolute atomic E-state index is 0.244. The predicted molar refractivity (Wildman–Crippen MR) is 45.4 cm³/mol. The molecule has 0 bridgehead atoms. The minimum atomic E-state index is -1.53. The Morgan fingerprint density at radius 3 is 2.46 bits per heavy atom. The summed E-state index contributed by atoms with van der Waals surface area (Å²) in [6, 6.07) is 0.462. The van der Waals surface area contributed by atoms with Crippen molar-refractivity contribution in [1.82, 2.24) is 0 Å². The van der Waals surface area contributed by atoms with E-state index in [0.29, 0.717) is 6.07 Å². The number of carbonyl (C=O) groups is 1. The van der Waals surface area contributed by atoms with Crippen molar-refractivity contribution in [2.75, 3.05) is 5.73 Å². The molecule has 3 nitrogen and oxygen atoms in total. The van der Waals surface area contributed by atoms with E-state index in [1.807, 2.05) is 0 Å². The number of aromatic carboxylic acids is 1. The zero-order chi connectivity index (χ0) is 10.2. The summed E-state index contributed by atoms with van der Waals surface area (Å²) in [4.78, 5) is 10.4. The van der Waals surface area contributed by atoms with Crippen molar-refractivity contribution >= 4 is 27.6 Å². The lowest BCUT2D eigenvalue weighted by Crippen LogP contribution is -2.07. The average Bonchev–Trinajstić information content (AvgIpc) is 1.99. The maximum absolute atomic E-state index is 12.8. The Balaban J connectivity index is 3.53. The first-order valence-corrected chi connectivity index (χ1v) is 3.90. The second-order valence-corrected chi connectivity index (χ2v) is 3.04. The third-order valence-electron chi connectivity index (χ3n) is 1.42. The number of nitrogens with two attached hydrogens (primary N) is 1. The van der Waals surface area contributed by atoms with E-state index in [2.05, 4.69) is 15.9 Å². The molecule has 0 heterocycles. The standard InChI is InChI=1S/C7H4BrF2NO2/c8-5-3(10)1-2(9)4(6(5)11)7(12)13/h1H,11H2,(H,12,13). The van der Waals surface area contributed by atoms with Crippen LogP contribution in [0.4, 0.5) is 14.5 Å². The molecule has 0 unspecified atom stereocenters. The molecule has 0 atom stereocenters. The van der Waals surface area contributed by atoms with E-state index < -0.39 is 28.9 Å². The zero-order valence-corrected chi connectivity index (χ0v) is 7.73. The normalized spacial score (nSPS) is 10.1. The first-order valence-electron chi connectivity index (χ1n) is 3.11. The van der Waals surface area contributed by atoms with Crippen molar-refractivity contribution in [1.29, 1.82) is 0 Å². The maximum Gasteiger partial charge on any atom is 0.340 e. The van der Waals surface area contributed by atoms with E-state index in [-0.39, 0.29) is 4.47 Å². The first-order chi connectivity index (χ1) is 5.95. The molecule has 0 aliphatic carbocycles. The number of halogens is 3. The molecule has 0 fully saturated rings. The molecular weight excluding hydrogens is 248 g/mol. The van der Waals surface area contributed by atoms with Gasteiger partial charge in [-0.25, -0.2) is 13.6 Å². The van der Waals surface area contributed by atoms with E-state index in [4.69, 9.17) is 10.8 Å². The van der Waals surface area contributed by atoms with Crippen LogP contribution in [0.2, 0.25) is 0 Å². The van der Waals surface area contributed by atoms with Gasteiger partial charge in [0.2, 0.25) is 0 Å². The van der Waals surface area contributed by atoms with Gasteiger partial charge in [0.25, 0.3) is 0 Å². The summed E-state index contributed by atoms with van der Waals surface area (Å²) in [5, 5.41) is 8.50. The van der Waals surface area contributed by atoms with Crippen molar-refractivity contribution in [2.45, 2.75) is 0 Å². The lowest BCUT2D eigenvalue weighted by Gasteiger charge is -2.05. The lowest BCUT2D eigenvalue weighted by atomic mass is 10.1. The summed E-state index contributed by atoms with van der Waals surface area (Å²) in [6.45, 7) is 0. The molecule has 3 N–H and O–H groups in total. The molecule has 1 aromatic carbocycles. The monoisotopic (exact) mass is 251 g/mol. The van der Waals surface area contributed by atoms with Crippen LogP contribution in [0.25, 0.3) is 0 Å². The summed E-state index contributed by atoms with van der Waals surface area (Å²) >= 11 is 2.70. The average molecular weight is 252 g/mol. The van der Waals surface area contributed by atoms with Gasteiger partial charge in [0.15, 0.2) is 0 Å². The maximum atomic E-state index is 12.8. The van der Waals surface area contributed by atoms with Crippen LogP contribution in [-0.2, 0) is 0 Å². The highest BCUT2D eigenvalue weighted by atomic mass is 79.9. The largest absolute Gasteiger partial charge is 0.478 e. The predicted octanol–water partition coefficient (Wildman–Crippen LogP) is 2.01. The molecule has 0 aromatic heterocycles. The number of carboxylic acids is 1. The Morgan fingerprint density at radius 1 is 1.46 bits per heavy atom. The highest BCUT2D eigenvalue weighted by Gasteiger charge is 2.19. The first kappa shape index (κ1) is 9.91. The molecule has 1 rings (SSSR count). The number of hydrogen-bond acceptors (Lipinski definition) is 2. The number of carboxylic acid groups (broad SMARTS) is 1. The summed E-state index contributed by atoms with van der Waals surface area (Å²) in [6.07, 6.45) is 0. The van der Waals surface area contributed by atoms with Gasteiger partial charge in [-0.1, -0.05) is 0 Å². The molecule has 0 aliphatic rings. The van der Waals surface area contributed by atoms with Crippen LogP contribution in [0.3, 0.4) is 0 Å². The molecule has 0 aliphatic heterocycles. The quantitative estimate of drug-likeness (QED) is 0.593. The Hall–Kier alpha value is -1.17. The third kappa shape index (κ3) is 1.62. The Labute approximate surface area is 80.3 Å². The van der Waals surface area contributed by atoms with Crippen LogP contribution >= 0.6 is 15.9 Å². The van der Waals surface area contributed by atoms with Crippen LogP contribution in [0.15, 0.2) is 10.5 Å². The number of hydrogen-bond donors (Lipinski definition) is 2. The second kappa shape index (κ2) is 3.29. The molecule has 70 valence electrons. The second-order valence-electron chi connectivity index (χ2n) is 2.25. The smallest absolute Gasteiger partial charge is 0.340 e. The summed E-state index contributed by atoms with van der Waals surface area (Å²) in [7, 11) is 0. The molecule has 0 saturated heterocycles. The van der Waals surface area contributed by atoms with Gasteiger partial charge in [0.1, 0.15) is 17.2 Å². The topological polar surface area (TPSA) is 63.3 Å². The van der Waals surface area contributed by atoms with Crippen LogP contribution in [0.1, 0.15) is 10.4 Å². The highest BCUT2D eigenvalue weighted by molar-refractivity contribution is 9.10. The highest BCUT2D eigenvalue weighted by Crippen LogP contribution is 2.28. The van der Waals surface area contributed by atoms with E-state index in [9.17, 15) is 13.6 Å². The minimum Gasteiger partial charge on any atom is -0.478 e. The van der Waals surface area contributed by atoms with Gasteiger partial charge in [-0.15, -0.1) is 0 Å². The number of anilines is 1. The molecule has 13 heavy (non-hydrogen) atoms. The van der Waals surface area contributed by atoms with Crippen molar-refractivity contribution < 1.29 is 18.7 Å². The number of nitrogen functional groups attached to an aromatic ring is 1. The van der Waals surface area contributed by atoms with Crippen molar-refractivity contribution in [3.63, 3.8) is 0 Å². The van der Waals surface area contributed by atoms with Crippen LogP contribution in [0, 0.1) is 11.6 Å². The van der Waals surface area contributed by atoms with Gasteiger partial charge in [0.05, 0.1) is 10.2 Å². The Kier molecular flexibility index (Phi) is 2.51. The third-order valence-corrected chi connectivity index (χ3v) is 2.23. The molecule has 0 saturated carbocycles. The molecule has 0 spiro atoms. The van der Waals surface area contributed by atoms with Gasteiger partial charge in [0, 0.05) is 6.07 Å². The number of rotatable bonds is 1. The van der Waals surface area contributed by atoms with E-state index in [1.54, 1.807) is 0 Å². The van der Waals surface area contributed by atoms with Crippen molar-refractivity contribution in [3.8, 4) is 0 Å². The Morgan fingerprint density at radius 2 is 2.00 bits per heavy atom. The van der Waals surface area contributed by atoms with E-state index >= 15 is 0 Å². The van der Waals surface area contributed by atoms with Crippen molar-refractivity contribution in [2.24, 2.45) is 0 Å². The molecule has 6 heteroatoms. The fourth-order valence-corrected chi connectivity index (χ4v) is 1.14. The SMILES string of the molecule is Nc1c(Br)c(F)cc(F)c1C(=O)O. The summed E-state index contributed by atoms with van der Waals surface area (Å²) in [5.41, 5.74) is 4.00. The summed E-state index contributed by atoms with van der Waals surface area (Å²) in [5.74, 6) is -3.65. The van der Waals surface area contributed by atoms with E-state index in [0.717, 1.165) is 0 Å². The lowest BCUT2D eigenvalue weighted by molar-refractivity contribution is 0.0693. The van der Waals surface area contributed by atoms with Crippen LogP contribution in [0.5, 0.6) is 0 Å². The van der Waals surface area contributed by atoms with Gasteiger partial charge < -0.3 is 10.8 Å². The zero-order valence-electron chi connectivity index (χ0n) is 6.14. The van der Waals surface area contributed by atoms with Crippen LogP contribution < -0.4 is 5.73 Å². The van der Waals surface area contributed by atoms with Gasteiger partial charge >= 0.3 is 5.97 Å². The molecular formula is C7H4BrF2NO2.